The van der Waals surface area contributed by atoms with Crippen LogP contribution in [0.5, 0.6) is 11.5 Å². The predicted molar refractivity (Wildman–Crippen MR) is 101 cm³/mol. The van der Waals surface area contributed by atoms with Gasteiger partial charge in [-0.15, -0.1) is 0 Å². The van der Waals surface area contributed by atoms with E-state index in [0.717, 1.165) is 17.4 Å². The van der Waals surface area contributed by atoms with Gasteiger partial charge < -0.3 is 24.4 Å². The first-order valence-electron chi connectivity index (χ1n) is 8.30. The third-order valence-corrected chi connectivity index (χ3v) is 4.19. The number of rotatable bonds is 6. The van der Waals surface area contributed by atoms with Crippen LogP contribution in [0.25, 0.3) is 16.6 Å². The molecule has 1 aromatic heterocycles. The molecule has 7 nitrogen and oxygen atoms in total. The van der Waals surface area contributed by atoms with Crippen molar-refractivity contribution >= 4 is 16.9 Å². The van der Waals surface area contributed by atoms with Crippen LogP contribution in [-0.2, 0) is 0 Å². The van der Waals surface area contributed by atoms with Crippen molar-refractivity contribution in [3.05, 3.63) is 53.7 Å². The van der Waals surface area contributed by atoms with Crippen molar-refractivity contribution in [2.75, 3.05) is 27.2 Å². The summed E-state index contributed by atoms with van der Waals surface area (Å²) >= 11 is 0. The molecule has 0 unspecified atom stereocenters. The number of nitrogens with zero attached hydrogens (tertiary/aromatic N) is 3. The quantitative estimate of drug-likeness (QED) is 0.697. The summed E-state index contributed by atoms with van der Waals surface area (Å²) < 4.78 is 7.50. The number of nitriles is 1. The highest BCUT2D eigenvalue weighted by Gasteiger charge is 2.14. The lowest BCUT2D eigenvalue weighted by Gasteiger charge is -2.12. The zero-order valence-corrected chi connectivity index (χ0v) is 15.0. The van der Waals surface area contributed by atoms with Gasteiger partial charge in [0, 0.05) is 35.9 Å². The molecular weight excluding hydrogens is 346 g/mol. The molecule has 0 saturated heterocycles. The van der Waals surface area contributed by atoms with Crippen LogP contribution in [0.15, 0.2) is 42.6 Å². The Kier molecular flexibility index (Phi) is 5.01. The van der Waals surface area contributed by atoms with Crippen LogP contribution in [-0.4, -0.2) is 52.9 Å². The topological polar surface area (TPSA) is 98.7 Å². The second-order valence-electron chi connectivity index (χ2n) is 6.36. The number of ether oxygens (including phenoxy) is 1. The Bertz CT molecular complexity index is 1050. The molecule has 0 amide bonds. The van der Waals surface area contributed by atoms with Gasteiger partial charge in [-0.05, 0) is 38.4 Å². The van der Waals surface area contributed by atoms with Gasteiger partial charge in [-0.2, -0.15) is 5.26 Å². The van der Waals surface area contributed by atoms with Gasteiger partial charge in [-0.1, -0.05) is 0 Å². The average Bonchev–Trinajstić information content (AvgIpc) is 2.99. The molecular formula is C20H19N3O4. The van der Waals surface area contributed by atoms with Gasteiger partial charge in [0.25, 0.3) is 0 Å². The predicted octanol–water partition coefficient (Wildman–Crippen LogP) is 2.85. The second-order valence-corrected chi connectivity index (χ2v) is 6.36. The van der Waals surface area contributed by atoms with Crippen molar-refractivity contribution in [2.45, 2.75) is 0 Å². The van der Waals surface area contributed by atoms with E-state index in [1.165, 1.54) is 12.1 Å². The molecule has 3 aromatic rings. The number of carbonyl (C=O) groups is 1. The lowest BCUT2D eigenvalue weighted by molar-refractivity contribution is 0.0693. The number of aromatic hydroxyl groups is 1. The molecule has 138 valence electrons. The van der Waals surface area contributed by atoms with Gasteiger partial charge in [-0.3, -0.25) is 0 Å². The highest BCUT2D eigenvalue weighted by atomic mass is 16.5. The Labute approximate surface area is 156 Å². The first-order valence-corrected chi connectivity index (χ1v) is 8.30. The highest BCUT2D eigenvalue weighted by molar-refractivity contribution is 5.92. The minimum Gasteiger partial charge on any atom is -0.507 e. The first kappa shape index (κ1) is 18.3. The largest absolute Gasteiger partial charge is 0.507 e. The maximum atomic E-state index is 11.1. The molecule has 2 aromatic carbocycles. The fraction of sp³-hybridized carbons (Fsp3) is 0.200. The van der Waals surface area contributed by atoms with Crippen molar-refractivity contribution in [1.29, 1.82) is 5.26 Å². The standard InChI is InChI=1S/C20H19N3O4/c1-22(2)7-8-27-15-4-6-16-13(11-21)12-23(18(16)10-15)14-3-5-17(20(25)26)19(24)9-14/h3-6,9-10,12,24H,7-8H2,1-2H3,(H,25,26). The van der Waals surface area contributed by atoms with E-state index in [9.17, 15) is 15.2 Å². The van der Waals surface area contributed by atoms with Crippen LogP contribution in [0, 0.1) is 11.3 Å². The maximum Gasteiger partial charge on any atom is 0.339 e. The third-order valence-electron chi connectivity index (χ3n) is 4.19. The van der Waals surface area contributed by atoms with Gasteiger partial charge >= 0.3 is 5.97 Å². The molecule has 0 atom stereocenters. The van der Waals surface area contributed by atoms with Crippen LogP contribution in [0.2, 0.25) is 0 Å². The normalized spacial score (nSPS) is 10.9. The lowest BCUT2D eigenvalue weighted by Crippen LogP contribution is -2.19. The summed E-state index contributed by atoms with van der Waals surface area (Å²) in [6.45, 7) is 1.30. The van der Waals surface area contributed by atoms with Gasteiger partial charge in [0.15, 0.2) is 0 Å². The molecule has 0 saturated carbocycles. The molecule has 1 heterocycles. The fourth-order valence-corrected chi connectivity index (χ4v) is 2.80. The van der Waals surface area contributed by atoms with Crippen molar-refractivity contribution < 1.29 is 19.7 Å². The van der Waals surface area contributed by atoms with Gasteiger partial charge in [0.1, 0.15) is 29.7 Å². The zero-order chi connectivity index (χ0) is 19.6. The van der Waals surface area contributed by atoms with Crippen molar-refractivity contribution in [3.8, 4) is 23.3 Å². The fourth-order valence-electron chi connectivity index (χ4n) is 2.80. The number of benzene rings is 2. The summed E-state index contributed by atoms with van der Waals surface area (Å²) in [5, 5.41) is 29.2. The number of fused-ring (bicyclic) bond motifs is 1. The minimum absolute atomic E-state index is 0.177. The first-order chi connectivity index (χ1) is 12.9. The van der Waals surface area contributed by atoms with Crippen LogP contribution in [0.4, 0.5) is 0 Å². The Hall–Kier alpha value is -3.50. The van der Waals surface area contributed by atoms with E-state index >= 15 is 0 Å². The molecule has 27 heavy (non-hydrogen) atoms. The minimum atomic E-state index is -1.20. The molecule has 0 spiro atoms. The summed E-state index contributed by atoms with van der Waals surface area (Å²) in [5.74, 6) is -0.871. The number of carboxylic acids is 1. The van der Waals surface area contributed by atoms with E-state index in [4.69, 9.17) is 9.84 Å². The molecule has 2 N–H and O–H groups in total. The molecule has 0 bridgehead atoms. The lowest BCUT2D eigenvalue weighted by atomic mass is 10.1. The Morgan fingerprint density at radius 2 is 2.04 bits per heavy atom. The summed E-state index contributed by atoms with van der Waals surface area (Å²) in [7, 11) is 3.92. The summed E-state index contributed by atoms with van der Waals surface area (Å²) in [6.07, 6.45) is 1.66. The Balaban J connectivity index is 2.05. The van der Waals surface area contributed by atoms with E-state index in [1.54, 1.807) is 16.8 Å². The number of hydrogen-bond donors (Lipinski definition) is 2. The molecule has 0 aliphatic carbocycles. The van der Waals surface area contributed by atoms with E-state index in [-0.39, 0.29) is 11.3 Å². The Morgan fingerprint density at radius 3 is 2.67 bits per heavy atom. The number of carboxylic acid groups (broad SMARTS) is 1. The van der Waals surface area contributed by atoms with E-state index < -0.39 is 5.97 Å². The van der Waals surface area contributed by atoms with Gasteiger partial charge in [-0.25, -0.2) is 4.79 Å². The van der Waals surface area contributed by atoms with Crippen molar-refractivity contribution in [1.82, 2.24) is 9.47 Å². The van der Waals surface area contributed by atoms with Crippen molar-refractivity contribution in [2.24, 2.45) is 0 Å². The SMILES string of the molecule is CN(C)CCOc1ccc2c(C#N)cn(-c3ccc(C(=O)O)c(O)c3)c2c1. The number of hydrogen-bond acceptors (Lipinski definition) is 5. The summed E-state index contributed by atoms with van der Waals surface area (Å²) in [6, 6.07) is 11.9. The van der Waals surface area contributed by atoms with E-state index in [0.29, 0.717) is 23.6 Å². The molecule has 0 aliphatic rings. The zero-order valence-electron chi connectivity index (χ0n) is 15.0. The number of aromatic carboxylic acids is 1. The second kappa shape index (κ2) is 7.40. The number of aromatic nitrogens is 1. The molecule has 0 aliphatic heterocycles. The molecule has 0 radical (unpaired) electrons. The van der Waals surface area contributed by atoms with Crippen LogP contribution in [0.3, 0.4) is 0 Å². The van der Waals surface area contributed by atoms with Gasteiger partial charge in [0.05, 0.1) is 11.1 Å². The van der Waals surface area contributed by atoms with Crippen molar-refractivity contribution in [3.63, 3.8) is 0 Å². The van der Waals surface area contributed by atoms with E-state index in [2.05, 4.69) is 6.07 Å². The van der Waals surface area contributed by atoms with E-state index in [1.807, 2.05) is 37.2 Å². The third kappa shape index (κ3) is 3.71. The monoisotopic (exact) mass is 365 g/mol. The molecule has 0 fully saturated rings. The summed E-state index contributed by atoms with van der Waals surface area (Å²) in [4.78, 5) is 13.1. The van der Waals surface area contributed by atoms with Crippen LogP contribution >= 0.6 is 0 Å². The highest BCUT2D eigenvalue weighted by Crippen LogP contribution is 2.30. The van der Waals surface area contributed by atoms with Crippen LogP contribution in [0.1, 0.15) is 15.9 Å². The average molecular weight is 365 g/mol. The maximum absolute atomic E-state index is 11.1. The number of phenols is 1. The smallest absolute Gasteiger partial charge is 0.339 e. The Morgan fingerprint density at radius 1 is 1.26 bits per heavy atom. The number of likely N-dealkylation sites (N-methyl/N-ethyl adjacent to an activating group) is 1. The molecule has 3 rings (SSSR count). The molecule has 7 heteroatoms. The summed E-state index contributed by atoms with van der Waals surface area (Å²) in [5.41, 5.74) is 1.58. The van der Waals surface area contributed by atoms with Crippen LogP contribution < -0.4 is 4.74 Å². The van der Waals surface area contributed by atoms with Gasteiger partial charge in [0.2, 0.25) is 0 Å².